The van der Waals surface area contributed by atoms with E-state index < -0.39 is 0 Å². The van der Waals surface area contributed by atoms with Gasteiger partial charge in [0.15, 0.2) is 0 Å². The van der Waals surface area contributed by atoms with Gasteiger partial charge >= 0.3 is 0 Å². The molecule has 0 aliphatic rings. The maximum Gasteiger partial charge on any atom is 0.228 e. The minimum atomic E-state index is 0.0636. The second-order valence-electron chi connectivity index (χ2n) is 4.26. The Balaban J connectivity index is 1.96. The van der Waals surface area contributed by atoms with Gasteiger partial charge in [0.1, 0.15) is 5.75 Å². The number of carbonyl (C=O) groups is 1. The highest BCUT2D eigenvalue weighted by Crippen LogP contribution is 2.14. The molecular formula is C14H16N2O2S. The van der Waals surface area contributed by atoms with Crippen molar-refractivity contribution in [1.29, 1.82) is 0 Å². The summed E-state index contributed by atoms with van der Waals surface area (Å²) in [6.45, 7) is 0.570. The lowest BCUT2D eigenvalue weighted by molar-refractivity contribution is -0.129. The number of ether oxygens (including phenoxy) is 1. The van der Waals surface area contributed by atoms with Crippen molar-refractivity contribution in [2.24, 2.45) is 0 Å². The van der Waals surface area contributed by atoms with Gasteiger partial charge in [0, 0.05) is 19.0 Å². The van der Waals surface area contributed by atoms with E-state index in [0.29, 0.717) is 13.0 Å². The van der Waals surface area contributed by atoms with E-state index >= 15 is 0 Å². The molecule has 5 heteroatoms. The van der Waals surface area contributed by atoms with Crippen LogP contribution in [0.25, 0.3) is 0 Å². The van der Waals surface area contributed by atoms with Crippen LogP contribution in [-0.4, -0.2) is 29.9 Å². The molecule has 1 heterocycles. The molecule has 0 aliphatic heterocycles. The summed E-state index contributed by atoms with van der Waals surface area (Å²) in [5.41, 5.74) is 3.62. The maximum absolute atomic E-state index is 12.0. The van der Waals surface area contributed by atoms with Gasteiger partial charge in [-0.2, -0.15) is 0 Å². The van der Waals surface area contributed by atoms with Gasteiger partial charge in [-0.05, 0) is 17.7 Å². The number of methoxy groups -OCH3 is 1. The van der Waals surface area contributed by atoms with E-state index in [-0.39, 0.29) is 5.91 Å². The minimum Gasteiger partial charge on any atom is -0.497 e. The van der Waals surface area contributed by atoms with Gasteiger partial charge in [0.2, 0.25) is 5.91 Å². The first kappa shape index (κ1) is 13.5. The van der Waals surface area contributed by atoms with E-state index in [0.717, 1.165) is 17.0 Å². The minimum absolute atomic E-state index is 0.0636. The molecule has 0 saturated heterocycles. The quantitative estimate of drug-likeness (QED) is 0.842. The summed E-state index contributed by atoms with van der Waals surface area (Å²) in [6.07, 6.45) is 0.351. The van der Waals surface area contributed by atoms with Gasteiger partial charge in [0.25, 0.3) is 0 Å². The van der Waals surface area contributed by atoms with E-state index in [1.807, 2.05) is 29.6 Å². The highest BCUT2D eigenvalue weighted by Gasteiger charge is 2.11. The molecule has 1 aromatic carbocycles. The van der Waals surface area contributed by atoms with E-state index in [4.69, 9.17) is 4.74 Å². The second-order valence-corrected chi connectivity index (χ2v) is 4.98. The lowest BCUT2D eigenvalue weighted by atomic mass is 10.2. The Morgan fingerprint density at radius 3 is 3.00 bits per heavy atom. The van der Waals surface area contributed by atoms with Crippen LogP contribution in [0.3, 0.4) is 0 Å². The molecule has 0 radical (unpaired) electrons. The summed E-state index contributed by atoms with van der Waals surface area (Å²) < 4.78 is 5.17. The van der Waals surface area contributed by atoms with Gasteiger partial charge in [-0.1, -0.05) is 12.1 Å². The second kappa shape index (κ2) is 6.33. The molecule has 0 spiro atoms. The Morgan fingerprint density at radius 2 is 2.32 bits per heavy atom. The highest BCUT2D eigenvalue weighted by molar-refractivity contribution is 7.07. The van der Waals surface area contributed by atoms with Gasteiger partial charge in [0.05, 0.1) is 24.7 Å². The normalized spacial score (nSPS) is 10.2. The zero-order valence-corrected chi connectivity index (χ0v) is 11.8. The third-order valence-corrected chi connectivity index (χ3v) is 3.43. The van der Waals surface area contributed by atoms with Crippen LogP contribution in [-0.2, 0) is 17.8 Å². The standard InChI is InChI=1S/C14H16N2O2S/c1-16(14(17)7-12-9-19-10-15-12)8-11-4-3-5-13(6-11)18-2/h3-6,9-10H,7-8H2,1-2H3. The van der Waals surface area contributed by atoms with Crippen molar-refractivity contribution in [3.05, 3.63) is 46.4 Å². The van der Waals surface area contributed by atoms with Crippen molar-refractivity contribution in [2.75, 3.05) is 14.2 Å². The van der Waals surface area contributed by atoms with Crippen molar-refractivity contribution in [3.63, 3.8) is 0 Å². The van der Waals surface area contributed by atoms with Crippen molar-refractivity contribution in [3.8, 4) is 5.75 Å². The molecule has 1 amide bonds. The van der Waals surface area contributed by atoms with Gasteiger partial charge < -0.3 is 9.64 Å². The number of hydrogen-bond acceptors (Lipinski definition) is 4. The Kier molecular flexibility index (Phi) is 4.52. The number of rotatable bonds is 5. The number of thiazole rings is 1. The summed E-state index contributed by atoms with van der Waals surface area (Å²) in [5, 5.41) is 1.90. The molecule has 0 fully saturated rings. The van der Waals surface area contributed by atoms with Gasteiger partial charge in [-0.15, -0.1) is 11.3 Å². The summed E-state index contributed by atoms with van der Waals surface area (Å²) in [5.74, 6) is 0.867. The fourth-order valence-electron chi connectivity index (χ4n) is 1.75. The van der Waals surface area contributed by atoms with Crippen LogP contribution in [0.4, 0.5) is 0 Å². The average molecular weight is 276 g/mol. The zero-order valence-electron chi connectivity index (χ0n) is 11.0. The fourth-order valence-corrected chi connectivity index (χ4v) is 2.31. The molecule has 0 atom stereocenters. The van der Waals surface area contributed by atoms with Crippen LogP contribution in [0.15, 0.2) is 35.2 Å². The highest BCUT2D eigenvalue weighted by atomic mass is 32.1. The number of amides is 1. The Hall–Kier alpha value is -1.88. The van der Waals surface area contributed by atoms with Crippen LogP contribution in [0, 0.1) is 0 Å². The zero-order chi connectivity index (χ0) is 13.7. The number of hydrogen-bond donors (Lipinski definition) is 0. The maximum atomic E-state index is 12.0. The van der Waals surface area contributed by atoms with Gasteiger partial charge in [-0.3, -0.25) is 4.79 Å². The van der Waals surface area contributed by atoms with Crippen molar-refractivity contribution in [2.45, 2.75) is 13.0 Å². The summed E-state index contributed by atoms with van der Waals surface area (Å²) in [7, 11) is 3.43. The van der Waals surface area contributed by atoms with Crippen LogP contribution in [0.1, 0.15) is 11.3 Å². The lowest BCUT2D eigenvalue weighted by Crippen LogP contribution is -2.27. The van der Waals surface area contributed by atoms with Gasteiger partial charge in [-0.25, -0.2) is 4.98 Å². The largest absolute Gasteiger partial charge is 0.497 e. The molecule has 2 aromatic rings. The molecule has 0 bridgehead atoms. The first-order chi connectivity index (χ1) is 9.19. The molecular weight excluding hydrogens is 260 g/mol. The topological polar surface area (TPSA) is 42.4 Å². The molecule has 4 nitrogen and oxygen atoms in total. The summed E-state index contributed by atoms with van der Waals surface area (Å²) in [6, 6.07) is 7.73. The number of carbonyl (C=O) groups excluding carboxylic acids is 1. The van der Waals surface area contributed by atoms with E-state index in [2.05, 4.69) is 4.98 Å². The molecule has 2 rings (SSSR count). The number of benzene rings is 1. The average Bonchev–Trinajstić information content (AvgIpc) is 2.91. The SMILES string of the molecule is COc1cccc(CN(C)C(=O)Cc2cscn2)c1. The fraction of sp³-hybridized carbons (Fsp3) is 0.286. The van der Waals surface area contributed by atoms with Crippen LogP contribution in [0.5, 0.6) is 5.75 Å². The molecule has 0 saturated carbocycles. The molecule has 19 heavy (non-hydrogen) atoms. The van der Waals surface area contributed by atoms with E-state index in [1.54, 1.807) is 24.6 Å². The smallest absolute Gasteiger partial charge is 0.228 e. The van der Waals surface area contributed by atoms with Crippen LogP contribution >= 0.6 is 11.3 Å². The molecule has 0 N–H and O–H groups in total. The van der Waals surface area contributed by atoms with E-state index in [1.165, 1.54) is 11.3 Å². The molecule has 0 unspecified atom stereocenters. The van der Waals surface area contributed by atoms with E-state index in [9.17, 15) is 4.79 Å². The summed E-state index contributed by atoms with van der Waals surface area (Å²) >= 11 is 1.50. The first-order valence-corrected chi connectivity index (χ1v) is 6.87. The summed E-state index contributed by atoms with van der Waals surface area (Å²) in [4.78, 5) is 17.9. The third-order valence-electron chi connectivity index (χ3n) is 2.80. The lowest BCUT2D eigenvalue weighted by Gasteiger charge is -2.17. The van der Waals surface area contributed by atoms with Crippen LogP contribution < -0.4 is 4.74 Å². The van der Waals surface area contributed by atoms with Crippen molar-refractivity contribution < 1.29 is 9.53 Å². The Morgan fingerprint density at radius 1 is 1.47 bits per heavy atom. The molecule has 1 aromatic heterocycles. The predicted octanol–water partition coefficient (Wildman–Crippen LogP) is 2.35. The Labute approximate surface area is 116 Å². The van der Waals surface area contributed by atoms with Crippen LogP contribution in [0.2, 0.25) is 0 Å². The monoisotopic (exact) mass is 276 g/mol. The molecule has 0 aliphatic carbocycles. The van der Waals surface area contributed by atoms with Crippen molar-refractivity contribution in [1.82, 2.24) is 9.88 Å². The van der Waals surface area contributed by atoms with Crippen molar-refractivity contribution >= 4 is 17.2 Å². The Bertz CT molecular complexity index is 540. The molecule has 100 valence electrons. The third kappa shape index (κ3) is 3.79. The predicted molar refractivity (Wildman–Crippen MR) is 75.3 cm³/mol. The number of aromatic nitrogens is 1. The number of nitrogens with zero attached hydrogens (tertiary/aromatic N) is 2. The number of likely N-dealkylation sites (N-methyl/N-ethyl adjacent to an activating group) is 1. The first-order valence-electron chi connectivity index (χ1n) is 5.93.